The van der Waals surface area contributed by atoms with Gasteiger partial charge in [-0.1, -0.05) is 55.9 Å². The average Bonchev–Trinajstić information content (AvgIpc) is 3.21. The number of carbonyl (C=O) groups is 1. The third-order valence-corrected chi connectivity index (χ3v) is 5.25. The SMILES string of the molecule is COc1ccc(-n2nnnc2SCC(=O)NC(CC(C)C)c2ccccc2)cc1. The highest BCUT2D eigenvalue weighted by Gasteiger charge is 2.17. The van der Waals surface area contributed by atoms with Crippen molar-refractivity contribution in [1.82, 2.24) is 25.5 Å². The van der Waals surface area contributed by atoms with E-state index in [1.165, 1.54) is 11.8 Å². The lowest BCUT2D eigenvalue weighted by Crippen LogP contribution is -2.31. The van der Waals surface area contributed by atoms with E-state index in [1.807, 2.05) is 54.6 Å². The van der Waals surface area contributed by atoms with Gasteiger partial charge in [0.25, 0.3) is 0 Å². The molecular weight excluding hydrogens is 386 g/mol. The summed E-state index contributed by atoms with van der Waals surface area (Å²) in [4.78, 5) is 12.6. The fourth-order valence-corrected chi connectivity index (χ4v) is 3.66. The van der Waals surface area contributed by atoms with Gasteiger partial charge in [-0.2, -0.15) is 4.68 Å². The van der Waals surface area contributed by atoms with Crippen molar-refractivity contribution in [3.8, 4) is 11.4 Å². The second kappa shape index (κ2) is 10.1. The normalized spacial score (nSPS) is 12.0. The number of nitrogens with zero attached hydrogens (tertiary/aromatic N) is 4. The third kappa shape index (κ3) is 5.80. The van der Waals surface area contributed by atoms with Gasteiger partial charge in [0.05, 0.1) is 24.6 Å². The molecule has 0 aliphatic heterocycles. The number of carbonyl (C=O) groups excluding carboxylic acids is 1. The maximum Gasteiger partial charge on any atom is 0.230 e. The van der Waals surface area contributed by atoms with E-state index in [2.05, 4.69) is 34.7 Å². The van der Waals surface area contributed by atoms with E-state index < -0.39 is 0 Å². The fourth-order valence-electron chi connectivity index (χ4n) is 2.96. The Morgan fingerprint density at radius 3 is 2.52 bits per heavy atom. The topological polar surface area (TPSA) is 81.9 Å². The largest absolute Gasteiger partial charge is 0.497 e. The van der Waals surface area contributed by atoms with Gasteiger partial charge in [0.15, 0.2) is 0 Å². The highest BCUT2D eigenvalue weighted by Crippen LogP contribution is 2.23. The molecule has 1 atom stereocenters. The maximum absolute atomic E-state index is 12.6. The molecule has 0 fully saturated rings. The first-order chi connectivity index (χ1) is 14.1. The third-order valence-electron chi connectivity index (χ3n) is 4.33. The molecule has 29 heavy (non-hydrogen) atoms. The van der Waals surface area contributed by atoms with E-state index in [1.54, 1.807) is 11.8 Å². The molecule has 1 N–H and O–H groups in total. The molecule has 8 heteroatoms. The molecule has 1 unspecified atom stereocenters. The van der Waals surface area contributed by atoms with E-state index in [0.717, 1.165) is 23.4 Å². The summed E-state index contributed by atoms with van der Waals surface area (Å²) >= 11 is 1.31. The van der Waals surface area contributed by atoms with Crippen LogP contribution in [-0.4, -0.2) is 39.0 Å². The molecule has 3 aromatic rings. The van der Waals surface area contributed by atoms with Crippen molar-refractivity contribution < 1.29 is 9.53 Å². The molecule has 152 valence electrons. The highest BCUT2D eigenvalue weighted by molar-refractivity contribution is 7.99. The van der Waals surface area contributed by atoms with Crippen LogP contribution in [0.25, 0.3) is 5.69 Å². The van der Waals surface area contributed by atoms with Crippen LogP contribution in [0.3, 0.4) is 0 Å². The molecule has 0 saturated carbocycles. The number of aromatic nitrogens is 4. The number of nitrogens with one attached hydrogen (secondary N) is 1. The van der Waals surface area contributed by atoms with Crippen LogP contribution in [0, 0.1) is 5.92 Å². The van der Waals surface area contributed by atoms with Crippen molar-refractivity contribution in [2.75, 3.05) is 12.9 Å². The summed E-state index contributed by atoms with van der Waals surface area (Å²) in [6, 6.07) is 17.5. The second-order valence-electron chi connectivity index (χ2n) is 7.02. The molecule has 1 aromatic heterocycles. The Morgan fingerprint density at radius 1 is 1.14 bits per heavy atom. The lowest BCUT2D eigenvalue weighted by atomic mass is 9.97. The number of hydrogen-bond donors (Lipinski definition) is 1. The first-order valence-electron chi connectivity index (χ1n) is 9.46. The Bertz CT molecular complexity index is 912. The van der Waals surface area contributed by atoms with Crippen LogP contribution in [0.4, 0.5) is 0 Å². The predicted molar refractivity (Wildman–Crippen MR) is 113 cm³/mol. The van der Waals surface area contributed by atoms with Crippen LogP contribution in [0.2, 0.25) is 0 Å². The zero-order valence-electron chi connectivity index (χ0n) is 16.8. The summed E-state index contributed by atoms with van der Waals surface area (Å²) in [6.07, 6.45) is 0.879. The molecule has 0 spiro atoms. The molecule has 0 radical (unpaired) electrons. The molecule has 0 aliphatic carbocycles. The van der Waals surface area contributed by atoms with Gasteiger partial charge in [-0.25, -0.2) is 0 Å². The van der Waals surface area contributed by atoms with Gasteiger partial charge in [0.1, 0.15) is 5.75 Å². The molecule has 0 bridgehead atoms. The van der Waals surface area contributed by atoms with Gasteiger partial charge < -0.3 is 10.1 Å². The lowest BCUT2D eigenvalue weighted by Gasteiger charge is -2.21. The van der Waals surface area contributed by atoms with Gasteiger partial charge in [-0.3, -0.25) is 4.79 Å². The number of hydrogen-bond acceptors (Lipinski definition) is 6. The van der Waals surface area contributed by atoms with Crippen molar-refractivity contribution in [1.29, 1.82) is 0 Å². The Hall–Kier alpha value is -2.87. The molecule has 2 aromatic carbocycles. The maximum atomic E-state index is 12.6. The zero-order valence-corrected chi connectivity index (χ0v) is 17.6. The molecule has 1 amide bonds. The number of thioether (sulfide) groups is 1. The van der Waals surface area contributed by atoms with Crippen LogP contribution < -0.4 is 10.1 Å². The summed E-state index contributed by atoms with van der Waals surface area (Å²) in [5.41, 5.74) is 1.92. The quantitative estimate of drug-likeness (QED) is 0.541. The number of methoxy groups -OCH3 is 1. The van der Waals surface area contributed by atoms with Crippen LogP contribution in [-0.2, 0) is 4.79 Å². The number of tetrazole rings is 1. The Balaban J connectivity index is 1.63. The fraction of sp³-hybridized carbons (Fsp3) is 0.333. The molecular formula is C21H25N5O2S. The molecule has 0 saturated heterocycles. The minimum Gasteiger partial charge on any atom is -0.497 e. The van der Waals surface area contributed by atoms with Crippen LogP contribution in [0.15, 0.2) is 59.8 Å². The van der Waals surface area contributed by atoms with Crippen LogP contribution in [0.1, 0.15) is 31.9 Å². The van der Waals surface area contributed by atoms with Crippen molar-refractivity contribution >= 4 is 17.7 Å². The molecule has 0 aliphatic rings. The molecule has 1 heterocycles. The predicted octanol–water partition coefficient (Wildman–Crippen LogP) is 3.67. The minimum absolute atomic E-state index is 0.0121. The monoisotopic (exact) mass is 411 g/mol. The van der Waals surface area contributed by atoms with E-state index in [9.17, 15) is 4.79 Å². The van der Waals surface area contributed by atoms with E-state index >= 15 is 0 Å². The zero-order chi connectivity index (χ0) is 20.6. The number of ether oxygens (including phenoxy) is 1. The van der Waals surface area contributed by atoms with Gasteiger partial charge in [0.2, 0.25) is 11.1 Å². The Kier molecular flexibility index (Phi) is 7.24. The van der Waals surface area contributed by atoms with Crippen molar-refractivity contribution in [3.63, 3.8) is 0 Å². The van der Waals surface area contributed by atoms with Gasteiger partial charge >= 0.3 is 0 Å². The van der Waals surface area contributed by atoms with Crippen molar-refractivity contribution in [3.05, 3.63) is 60.2 Å². The smallest absolute Gasteiger partial charge is 0.230 e. The number of rotatable bonds is 9. The van der Waals surface area contributed by atoms with Gasteiger partial charge in [0, 0.05) is 0 Å². The highest BCUT2D eigenvalue weighted by atomic mass is 32.2. The number of amides is 1. The standard InChI is InChI=1S/C21H25N5O2S/c1-15(2)13-19(16-7-5-4-6-8-16)22-20(27)14-29-21-23-24-25-26(21)17-9-11-18(28-3)12-10-17/h4-12,15,19H,13-14H2,1-3H3,(H,22,27). The first-order valence-corrected chi connectivity index (χ1v) is 10.4. The summed E-state index contributed by atoms with van der Waals surface area (Å²) in [7, 11) is 1.62. The van der Waals surface area contributed by atoms with Crippen LogP contribution >= 0.6 is 11.8 Å². The van der Waals surface area contributed by atoms with Crippen LogP contribution in [0.5, 0.6) is 5.75 Å². The number of benzene rings is 2. The van der Waals surface area contributed by atoms with Crippen molar-refractivity contribution in [2.45, 2.75) is 31.5 Å². The minimum atomic E-state index is -0.0474. The molecule has 3 rings (SSSR count). The van der Waals surface area contributed by atoms with E-state index in [-0.39, 0.29) is 17.7 Å². The Labute approximate surface area is 174 Å². The summed E-state index contributed by atoms with van der Waals surface area (Å²) in [6.45, 7) is 4.31. The Morgan fingerprint density at radius 2 is 1.86 bits per heavy atom. The second-order valence-corrected chi connectivity index (χ2v) is 7.96. The van der Waals surface area contributed by atoms with Gasteiger partial charge in [-0.05, 0) is 52.6 Å². The lowest BCUT2D eigenvalue weighted by molar-refractivity contribution is -0.119. The average molecular weight is 412 g/mol. The summed E-state index contributed by atoms with van der Waals surface area (Å²) in [5.74, 6) is 1.41. The van der Waals surface area contributed by atoms with E-state index in [0.29, 0.717) is 11.1 Å². The molecule has 7 nitrogen and oxygen atoms in total. The van der Waals surface area contributed by atoms with Crippen molar-refractivity contribution in [2.24, 2.45) is 5.92 Å². The summed E-state index contributed by atoms with van der Waals surface area (Å²) < 4.78 is 6.79. The summed E-state index contributed by atoms with van der Waals surface area (Å²) in [5, 5.41) is 15.5. The first kappa shape index (κ1) is 20.9. The van der Waals surface area contributed by atoms with Gasteiger partial charge in [-0.15, -0.1) is 5.10 Å². The van der Waals surface area contributed by atoms with E-state index in [4.69, 9.17) is 4.74 Å².